The summed E-state index contributed by atoms with van der Waals surface area (Å²) in [4.78, 5) is 14.9. The fourth-order valence-electron chi connectivity index (χ4n) is 4.35. The predicted molar refractivity (Wildman–Crippen MR) is 130 cm³/mol. The molecule has 0 aromatic carbocycles. The van der Waals surface area contributed by atoms with Crippen LogP contribution >= 0.6 is 23.5 Å². The maximum atomic E-state index is 5.03. The standard InChI is InChI=1S/C22H38N4S2/c1-11-13-25-19(3,4)17(23-21(25,7)8)27-15-16-28-18-20(5,6)26(14-12-2)22(9,10)24-18/h11-12H,1-2,13-16H2,3-10H3. The summed E-state index contributed by atoms with van der Waals surface area (Å²) in [5.74, 6) is 2.06. The highest BCUT2D eigenvalue weighted by Gasteiger charge is 2.48. The summed E-state index contributed by atoms with van der Waals surface area (Å²) >= 11 is 3.77. The summed E-state index contributed by atoms with van der Waals surface area (Å²) in [6.45, 7) is 27.4. The largest absolute Gasteiger partial charge is 0.265 e. The molecular formula is C22H38N4S2. The van der Waals surface area contributed by atoms with E-state index in [1.165, 1.54) is 10.1 Å². The molecule has 4 nitrogen and oxygen atoms in total. The Morgan fingerprint density at radius 1 is 0.714 bits per heavy atom. The zero-order valence-corrected chi connectivity index (χ0v) is 20.6. The first-order chi connectivity index (χ1) is 12.8. The third kappa shape index (κ3) is 4.45. The van der Waals surface area contributed by atoms with E-state index in [0.717, 1.165) is 24.6 Å². The van der Waals surface area contributed by atoms with E-state index in [0.29, 0.717) is 0 Å². The quantitative estimate of drug-likeness (QED) is 0.412. The molecule has 2 rings (SSSR count). The first kappa shape index (κ1) is 23.7. The van der Waals surface area contributed by atoms with Crippen LogP contribution in [0.15, 0.2) is 35.3 Å². The van der Waals surface area contributed by atoms with Crippen molar-refractivity contribution in [2.75, 3.05) is 24.6 Å². The predicted octanol–water partition coefficient (Wildman–Crippen LogP) is 5.28. The van der Waals surface area contributed by atoms with Crippen molar-refractivity contribution in [3.05, 3.63) is 25.3 Å². The molecule has 158 valence electrons. The van der Waals surface area contributed by atoms with Gasteiger partial charge >= 0.3 is 0 Å². The molecule has 6 heteroatoms. The second kappa shape index (κ2) is 8.29. The second-order valence-corrected chi connectivity index (χ2v) is 11.6. The van der Waals surface area contributed by atoms with Gasteiger partial charge in [0, 0.05) is 24.6 Å². The summed E-state index contributed by atoms with van der Waals surface area (Å²) in [6.07, 6.45) is 3.94. The first-order valence-corrected chi connectivity index (χ1v) is 12.0. The molecule has 0 N–H and O–H groups in total. The molecule has 0 fully saturated rings. The van der Waals surface area contributed by atoms with E-state index in [2.05, 4.69) is 78.3 Å². The summed E-state index contributed by atoms with van der Waals surface area (Å²) < 4.78 is 0. The monoisotopic (exact) mass is 422 g/mol. The minimum absolute atomic E-state index is 0.0556. The van der Waals surface area contributed by atoms with E-state index in [9.17, 15) is 0 Å². The molecule has 0 aliphatic carbocycles. The SMILES string of the molecule is C=CCN1C(C)(C)N=C(SCCSC2=NC(C)(C)N(CC=C)C2(C)C)C1(C)C. The van der Waals surface area contributed by atoms with Crippen LogP contribution in [0.1, 0.15) is 55.4 Å². The van der Waals surface area contributed by atoms with Crippen molar-refractivity contribution >= 4 is 33.6 Å². The summed E-state index contributed by atoms with van der Waals surface area (Å²) in [5, 5.41) is 2.45. The van der Waals surface area contributed by atoms with Crippen LogP contribution < -0.4 is 0 Å². The van der Waals surface area contributed by atoms with Gasteiger partial charge in [-0.3, -0.25) is 19.8 Å². The van der Waals surface area contributed by atoms with Crippen molar-refractivity contribution in [3.8, 4) is 0 Å². The molecule has 0 amide bonds. The van der Waals surface area contributed by atoms with Gasteiger partial charge in [-0.2, -0.15) is 0 Å². The number of nitrogens with zero attached hydrogens (tertiary/aromatic N) is 4. The number of aliphatic imine (C=N–C) groups is 2. The molecule has 0 radical (unpaired) electrons. The van der Waals surface area contributed by atoms with E-state index >= 15 is 0 Å². The summed E-state index contributed by atoms with van der Waals surface area (Å²) in [7, 11) is 0. The third-order valence-electron chi connectivity index (χ3n) is 5.65. The van der Waals surface area contributed by atoms with Crippen LogP contribution in [0, 0.1) is 0 Å². The Morgan fingerprint density at radius 3 is 1.32 bits per heavy atom. The van der Waals surface area contributed by atoms with E-state index in [4.69, 9.17) is 9.98 Å². The maximum absolute atomic E-state index is 5.03. The lowest BCUT2D eigenvalue weighted by atomic mass is 10.0. The van der Waals surface area contributed by atoms with Crippen LogP contribution in [0.25, 0.3) is 0 Å². The highest BCUT2D eigenvalue weighted by molar-refractivity contribution is 8.17. The van der Waals surface area contributed by atoms with Crippen LogP contribution in [0.2, 0.25) is 0 Å². The van der Waals surface area contributed by atoms with Crippen molar-refractivity contribution in [1.82, 2.24) is 9.80 Å². The average molecular weight is 423 g/mol. The molecule has 0 saturated heterocycles. The molecule has 28 heavy (non-hydrogen) atoms. The zero-order valence-electron chi connectivity index (χ0n) is 19.0. The van der Waals surface area contributed by atoms with Crippen LogP contribution in [0.4, 0.5) is 0 Å². The van der Waals surface area contributed by atoms with Crippen LogP contribution in [-0.2, 0) is 0 Å². The molecule has 0 saturated carbocycles. The fourth-order valence-corrected chi connectivity index (χ4v) is 6.90. The van der Waals surface area contributed by atoms with Crippen molar-refractivity contribution < 1.29 is 0 Å². The number of hydrogen-bond donors (Lipinski definition) is 0. The molecule has 2 aliphatic heterocycles. The van der Waals surface area contributed by atoms with Gasteiger partial charge in [-0.15, -0.1) is 36.7 Å². The Kier molecular flexibility index (Phi) is 7.02. The molecule has 2 aliphatic rings. The normalized spacial score (nSPS) is 25.4. The van der Waals surface area contributed by atoms with E-state index in [1.807, 2.05) is 35.7 Å². The molecule has 0 unspecified atom stereocenters. The second-order valence-electron chi connectivity index (χ2n) is 9.44. The third-order valence-corrected chi connectivity index (χ3v) is 8.46. The van der Waals surface area contributed by atoms with Gasteiger partial charge < -0.3 is 0 Å². The van der Waals surface area contributed by atoms with Gasteiger partial charge in [0.1, 0.15) is 11.3 Å². The molecule has 0 bridgehead atoms. The van der Waals surface area contributed by atoms with Crippen molar-refractivity contribution in [3.63, 3.8) is 0 Å². The summed E-state index contributed by atoms with van der Waals surface area (Å²) in [5.41, 5.74) is -0.473. The van der Waals surface area contributed by atoms with E-state index in [-0.39, 0.29) is 22.4 Å². The van der Waals surface area contributed by atoms with E-state index < -0.39 is 0 Å². The Bertz CT molecular complexity index is 616. The lowest BCUT2D eigenvalue weighted by Gasteiger charge is -2.39. The average Bonchev–Trinajstić information content (AvgIpc) is 2.84. The Balaban J connectivity index is 1.98. The van der Waals surface area contributed by atoms with Crippen molar-refractivity contribution in [1.29, 1.82) is 0 Å². The minimum Gasteiger partial charge on any atom is -0.265 e. The van der Waals surface area contributed by atoms with E-state index in [1.54, 1.807) is 0 Å². The lowest BCUT2D eigenvalue weighted by Crippen LogP contribution is -2.51. The molecule has 0 aromatic rings. The number of thioether (sulfide) groups is 2. The molecule has 0 spiro atoms. The first-order valence-electron chi connectivity index (χ1n) is 10.0. The van der Waals surface area contributed by atoms with Crippen molar-refractivity contribution in [2.24, 2.45) is 9.98 Å². The van der Waals surface area contributed by atoms with Crippen LogP contribution in [0.5, 0.6) is 0 Å². The van der Waals surface area contributed by atoms with Gasteiger partial charge in [-0.25, -0.2) is 0 Å². The molecule has 0 aromatic heterocycles. The molecule has 2 heterocycles. The topological polar surface area (TPSA) is 31.2 Å². The fraction of sp³-hybridized carbons (Fsp3) is 0.727. The Labute approximate surface area is 181 Å². The Hall–Kier alpha value is -0.560. The number of hydrogen-bond acceptors (Lipinski definition) is 6. The van der Waals surface area contributed by atoms with Gasteiger partial charge in [0.05, 0.1) is 21.2 Å². The Morgan fingerprint density at radius 2 is 1.04 bits per heavy atom. The highest BCUT2D eigenvalue weighted by Crippen LogP contribution is 2.40. The van der Waals surface area contributed by atoms with Crippen LogP contribution in [-0.4, -0.2) is 66.9 Å². The number of rotatable bonds is 7. The van der Waals surface area contributed by atoms with Gasteiger partial charge in [0.25, 0.3) is 0 Å². The van der Waals surface area contributed by atoms with Crippen molar-refractivity contribution in [2.45, 2.75) is 77.8 Å². The maximum Gasteiger partial charge on any atom is 0.109 e. The highest BCUT2D eigenvalue weighted by atomic mass is 32.2. The minimum atomic E-state index is -0.181. The van der Waals surface area contributed by atoms with Crippen LogP contribution in [0.3, 0.4) is 0 Å². The zero-order chi connectivity index (χ0) is 21.4. The van der Waals surface area contributed by atoms with Gasteiger partial charge in [-0.1, -0.05) is 12.2 Å². The van der Waals surface area contributed by atoms with Gasteiger partial charge in [0.2, 0.25) is 0 Å². The molecule has 0 atom stereocenters. The van der Waals surface area contributed by atoms with Gasteiger partial charge in [0.15, 0.2) is 0 Å². The molecular weight excluding hydrogens is 384 g/mol. The smallest absolute Gasteiger partial charge is 0.109 e. The lowest BCUT2D eigenvalue weighted by molar-refractivity contribution is 0.100. The van der Waals surface area contributed by atoms with Gasteiger partial charge in [-0.05, 0) is 55.4 Å². The summed E-state index contributed by atoms with van der Waals surface area (Å²) in [6, 6.07) is 0.